The van der Waals surface area contributed by atoms with Crippen molar-refractivity contribution >= 4 is 9.84 Å². The Morgan fingerprint density at radius 3 is 2.00 bits per heavy atom. The van der Waals surface area contributed by atoms with Gasteiger partial charge in [-0.1, -0.05) is 27.7 Å². The van der Waals surface area contributed by atoms with Crippen molar-refractivity contribution in [2.45, 2.75) is 34.1 Å². The van der Waals surface area contributed by atoms with E-state index in [0.29, 0.717) is 23.5 Å². The van der Waals surface area contributed by atoms with Gasteiger partial charge in [-0.2, -0.15) is 0 Å². The molecule has 3 nitrogen and oxygen atoms in total. The molecule has 16 heavy (non-hydrogen) atoms. The van der Waals surface area contributed by atoms with E-state index in [1.54, 1.807) is 0 Å². The van der Waals surface area contributed by atoms with E-state index in [9.17, 15) is 8.42 Å². The average Bonchev–Trinajstić information content (AvgIpc) is 2.07. The summed E-state index contributed by atoms with van der Waals surface area (Å²) in [6, 6.07) is 0. The van der Waals surface area contributed by atoms with Gasteiger partial charge in [-0.25, -0.2) is 8.42 Å². The zero-order chi connectivity index (χ0) is 12.8. The minimum Gasteiger partial charge on any atom is -0.316 e. The van der Waals surface area contributed by atoms with Crippen molar-refractivity contribution in [2.24, 2.45) is 17.8 Å². The van der Waals surface area contributed by atoms with Crippen LogP contribution in [0.3, 0.4) is 0 Å². The van der Waals surface area contributed by atoms with E-state index in [0.717, 1.165) is 19.5 Å². The lowest BCUT2D eigenvalue weighted by atomic mass is 9.93. The van der Waals surface area contributed by atoms with E-state index in [4.69, 9.17) is 0 Å². The highest BCUT2D eigenvalue weighted by Crippen LogP contribution is 2.15. The lowest BCUT2D eigenvalue weighted by Crippen LogP contribution is -2.30. The number of nitrogens with one attached hydrogen (secondary N) is 1. The molecule has 0 amide bonds. The number of sulfone groups is 1. The fourth-order valence-corrected chi connectivity index (χ4v) is 2.32. The maximum atomic E-state index is 11.1. The first-order valence-corrected chi connectivity index (χ1v) is 8.17. The Balaban J connectivity index is 3.99. The first kappa shape index (κ1) is 15.9. The van der Waals surface area contributed by atoms with Crippen molar-refractivity contribution in [1.82, 2.24) is 5.32 Å². The minimum atomic E-state index is -2.82. The Bertz CT molecular complexity index is 271. The Labute approximate surface area is 101 Å². The molecule has 0 saturated carbocycles. The van der Waals surface area contributed by atoms with E-state index in [-0.39, 0.29) is 0 Å². The Morgan fingerprint density at radius 1 is 1.06 bits per heavy atom. The highest BCUT2D eigenvalue weighted by atomic mass is 32.2. The highest BCUT2D eigenvalue weighted by molar-refractivity contribution is 7.90. The van der Waals surface area contributed by atoms with Crippen molar-refractivity contribution in [3.63, 3.8) is 0 Å². The van der Waals surface area contributed by atoms with Crippen LogP contribution >= 0.6 is 0 Å². The van der Waals surface area contributed by atoms with Gasteiger partial charge in [0.15, 0.2) is 0 Å². The van der Waals surface area contributed by atoms with Gasteiger partial charge in [0.25, 0.3) is 0 Å². The predicted octanol–water partition coefficient (Wildman–Crippen LogP) is 1.94. The van der Waals surface area contributed by atoms with Crippen LogP contribution in [-0.2, 0) is 9.84 Å². The molecule has 0 aromatic carbocycles. The molecule has 0 fully saturated rings. The molecule has 1 N–H and O–H groups in total. The standard InChI is InChI=1S/C12H27NO2S/c1-10(2)8-13-9-12(11(3)4)6-7-16(5,14)15/h10-13H,6-9H2,1-5H3. The molecule has 0 aliphatic heterocycles. The normalized spacial score (nSPS) is 14.7. The molecular formula is C12H27NO2S. The van der Waals surface area contributed by atoms with Crippen LogP contribution in [0.25, 0.3) is 0 Å². The summed E-state index contributed by atoms with van der Waals surface area (Å²) in [5, 5.41) is 3.41. The monoisotopic (exact) mass is 249 g/mol. The lowest BCUT2D eigenvalue weighted by molar-refractivity contribution is 0.345. The van der Waals surface area contributed by atoms with Crippen LogP contribution in [0, 0.1) is 17.8 Å². The van der Waals surface area contributed by atoms with Gasteiger partial charge in [-0.05, 0) is 37.3 Å². The molecule has 0 aliphatic rings. The topological polar surface area (TPSA) is 46.2 Å². The molecule has 0 aromatic heterocycles. The van der Waals surface area contributed by atoms with Gasteiger partial charge in [0, 0.05) is 6.26 Å². The van der Waals surface area contributed by atoms with Gasteiger partial charge in [0.05, 0.1) is 5.75 Å². The average molecular weight is 249 g/mol. The molecule has 0 aromatic rings. The molecule has 0 spiro atoms. The molecule has 1 atom stereocenters. The maximum Gasteiger partial charge on any atom is 0.147 e. The van der Waals surface area contributed by atoms with Gasteiger partial charge in [0.1, 0.15) is 9.84 Å². The molecule has 0 radical (unpaired) electrons. The number of hydrogen-bond acceptors (Lipinski definition) is 3. The zero-order valence-corrected chi connectivity index (χ0v) is 12.1. The fourth-order valence-electron chi connectivity index (χ4n) is 1.59. The summed E-state index contributed by atoms with van der Waals surface area (Å²) in [5.41, 5.74) is 0. The van der Waals surface area contributed by atoms with Gasteiger partial charge < -0.3 is 5.32 Å². The molecule has 0 aliphatic carbocycles. The third-order valence-electron chi connectivity index (χ3n) is 2.76. The van der Waals surface area contributed by atoms with E-state index in [2.05, 4.69) is 33.0 Å². The Morgan fingerprint density at radius 2 is 1.62 bits per heavy atom. The predicted molar refractivity (Wildman–Crippen MR) is 70.4 cm³/mol. The second-order valence-electron chi connectivity index (χ2n) is 5.47. The molecule has 0 rings (SSSR count). The molecule has 0 heterocycles. The van der Waals surface area contributed by atoms with Gasteiger partial charge in [-0.15, -0.1) is 0 Å². The minimum absolute atomic E-state index is 0.305. The first-order valence-electron chi connectivity index (χ1n) is 6.10. The third-order valence-corrected chi connectivity index (χ3v) is 3.74. The first-order chi connectivity index (χ1) is 7.22. The van der Waals surface area contributed by atoms with Crippen molar-refractivity contribution < 1.29 is 8.42 Å². The van der Waals surface area contributed by atoms with Gasteiger partial charge >= 0.3 is 0 Å². The number of rotatable bonds is 8. The summed E-state index contributed by atoms with van der Waals surface area (Å²) >= 11 is 0. The molecule has 1 unspecified atom stereocenters. The molecular weight excluding hydrogens is 222 g/mol. The SMILES string of the molecule is CC(C)CNCC(CCS(C)(=O)=O)C(C)C. The highest BCUT2D eigenvalue weighted by Gasteiger charge is 2.15. The molecule has 0 saturated heterocycles. The van der Waals surface area contributed by atoms with Crippen LogP contribution in [0.2, 0.25) is 0 Å². The molecule has 0 bridgehead atoms. The smallest absolute Gasteiger partial charge is 0.147 e. The second-order valence-corrected chi connectivity index (χ2v) is 7.73. The Hall–Kier alpha value is -0.0900. The summed E-state index contributed by atoms with van der Waals surface area (Å²) in [4.78, 5) is 0. The van der Waals surface area contributed by atoms with E-state index < -0.39 is 9.84 Å². The van der Waals surface area contributed by atoms with Crippen LogP contribution in [0.1, 0.15) is 34.1 Å². The van der Waals surface area contributed by atoms with Gasteiger partial charge in [0.2, 0.25) is 0 Å². The number of hydrogen-bond donors (Lipinski definition) is 1. The van der Waals surface area contributed by atoms with Crippen LogP contribution in [0.5, 0.6) is 0 Å². The van der Waals surface area contributed by atoms with Gasteiger partial charge in [-0.3, -0.25) is 0 Å². The largest absolute Gasteiger partial charge is 0.316 e. The fraction of sp³-hybridized carbons (Fsp3) is 1.00. The summed E-state index contributed by atoms with van der Waals surface area (Å²) in [5.74, 6) is 1.93. The quantitative estimate of drug-likeness (QED) is 0.715. The van der Waals surface area contributed by atoms with Crippen LogP contribution < -0.4 is 5.32 Å². The van der Waals surface area contributed by atoms with Crippen LogP contribution in [-0.4, -0.2) is 33.5 Å². The summed E-state index contributed by atoms with van der Waals surface area (Å²) in [7, 11) is -2.82. The van der Waals surface area contributed by atoms with Crippen molar-refractivity contribution in [3.8, 4) is 0 Å². The Kier molecular flexibility index (Phi) is 7.24. The zero-order valence-electron chi connectivity index (χ0n) is 11.3. The summed E-state index contributed by atoms with van der Waals surface area (Å²) < 4.78 is 22.2. The van der Waals surface area contributed by atoms with Crippen molar-refractivity contribution in [3.05, 3.63) is 0 Å². The molecule has 98 valence electrons. The van der Waals surface area contributed by atoms with Crippen molar-refractivity contribution in [1.29, 1.82) is 0 Å². The third kappa shape index (κ3) is 9.16. The summed E-state index contributed by atoms with van der Waals surface area (Å²) in [6.07, 6.45) is 2.08. The van der Waals surface area contributed by atoms with Crippen molar-refractivity contribution in [2.75, 3.05) is 25.1 Å². The van der Waals surface area contributed by atoms with E-state index >= 15 is 0 Å². The summed E-state index contributed by atoms with van der Waals surface area (Å²) in [6.45, 7) is 10.6. The second kappa shape index (κ2) is 7.28. The maximum absolute atomic E-state index is 11.1. The van der Waals surface area contributed by atoms with E-state index in [1.807, 2.05) is 0 Å². The van der Waals surface area contributed by atoms with Crippen LogP contribution in [0.15, 0.2) is 0 Å². The lowest BCUT2D eigenvalue weighted by Gasteiger charge is -2.21. The molecule has 4 heteroatoms. The van der Waals surface area contributed by atoms with Crippen LogP contribution in [0.4, 0.5) is 0 Å². The van der Waals surface area contributed by atoms with E-state index in [1.165, 1.54) is 6.26 Å².